The van der Waals surface area contributed by atoms with Crippen molar-refractivity contribution in [2.75, 3.05) is 39.9 Å². The van der Waals surface area contributed by atoms with Crippen LogP contribution in [0.5, 0.6) is 23.0 Å². The van der Waals surface area contributed by atoms with E-state index < -0.39 is 0 Å². The minimum atomic E-state index is 0.534. The zero-order valence-corrected chi connectivity index (χ0v) is 19.1. The number of nitrogens with one attached hydrogen (secondary N) is 2. The van der Waals surface area contributed by atoms with Crippen LogP contribution in [-0.4, -0.2) is 40.4 Å². The zero-order chi connectivity index (χ0) is 22.1. The van der Waals surface area contributed by atoms with Crippen LogP contribution in [0.25, 0.3) is 10.4 Å². The Morgan fingerprint density at radius 2 is 1.94 bits per heavy atom. The van der Waals surface area contributed by atoms with Crippen LogP contribution in [0.15, 0.2) is 41.4 Å². The molecule has 0 fully saturated rings. The fourth-order valence-electron chi connectivity index (χ4n) is 4.07. The lowest BCUT2D eigenvalue weighted by molar-refractivity contribution is 0.325. The molecule has 8 heteroatoms. The molecule has 2 N–H and O–H groups in total. The molecule has 7 nitrogen and oxygen atoms in total. The quantitative estimate of drug-likeness (QED) is 0.582. The fraction of sp³-hybridized carbons (Fsp3) is 0.292. The number of hydrogen-bond donors (Lipinski definition) is 2. The van der Waals surface area contributed by atoms with Gasteiger partial charge in [0.1, 0.15) is 18.3 Å². The van der Waals surface area contributed by atoms with Crippen molar-refractivity contribution in [2.24, 2.45) is 4.99 Å². The first kappa shape index (κ1) is 20.5. The van der Waals surface area contributed by atoms with E-state index in [9.17, 15) is 0 Å². The van der Waals surface area contributed by atoms with Crippen molar-refractivity contribution < 1.29 is 18.9 Å². The predicted molar refractivity (Wildman–Crippen MR) is 127 cm³/mol. The van der Waals surface area contributed by atoms with Crippen molar-refractivity contribution in [2.45, 2.75) is 13.0 Å². The van der Waals surface area contributed by atoms with Gasteiger partial charge in [0.05, 0.1) is 38.5 Å². The predicted octanol–water partition coefficient (Wildman–Crippen LogP) is 4.30. The topological polar surface area (TPSA) is 73.3 Å². The molecular formula is C24H25N3O4S. The molecule has 0 radical (unpaired) electrons. The van der Waals surface area contributed by atoms with E-state index in [-0.39, 0.29) is 0 Å². The molecule has 0 spiro atoms. The summed E-state index contributed by atoms with van der Waals surface area (Å²) in [6.45, 7) is 2.01. The Bertz CT molecular complexity index is 1190. The SMILES string of the molecule is COc1ccc(-c2cc3c(s2)C(NCc2ccc4c(c2)CCO4)=NCN3)c(OC)c1OC. The smallest absolute Gasteiger partial charge is 0.203 e. The summed E-state index contributed by atoms with van der Waals surface area (Å²) < 4.78 is 22.3. The molecule has 2 aliphatic rings. The third kappa shape index (κ3) is 3.60. The Morgan fingerprint density at radius 3 is 2.75 bits per heavy atom. The lowest BCUT2D eigenvalue weighted by atomic mass is 10.1. The molecule has 2 aromatic carbocycles. The van der Waals surface area contributed by atoms with Crippen LogP contribution in [0.1, 0.15) is 16.0 Å². The summed E-state index contributed by atoms with van der Waals surface area (Å²) in [4.78, 5) is 6.81. The highest BCUT2D eigenvalue weighted by Gasteiger charge is 2.23. The number of nitrogens with zero attached hydrogens (tertiary/aromatic N) is 1. The first-order valence-electron chi connectivity index (χ1n) is 10.4. The molecule has 3 aromatic rings. The van der Waals surface area contributed by atoms with Crippen LogP contribution in [0.2, 0.25) is 0 Å². The number of aliphatic imine (C=N–C) groups is 1. The van der Waals surface area contributed by atoms with Gasteiger partial charge in [-0.15, -0.1) is 11.3 Å². The van der Waals surface area contributed by atoms with Crippen molar-refractivity contribution in [3.8, 4) is 33.4 Å². The lowest BCUT2D eigenvalue weighted by Crippen LogP contribution is -2.27. The molecule has 2 aliphatic heterocycles. The van der Waals surface area contributed by atoms with E-state index in [0.717, 1.165) is 45.6 Å². The number of benzene rings is 2. The van der Waals surface area contributed by atoms with Crippen molar-refractivity contribution >= 4 is 22.9 Å². The van der Waals surface area contributed by atoms with Gasteiger partial charge >= 0.3 is 0 Å². The molecule has 0 bridgehead atoms. The zero-order valence-electron chi connectivity index (χ0n) is 18.3. The molecule has 5 rings (SSSR count). The molecule has 3 heterocycles. The second-order valence-corrected chi connectivity index (χ2v) is 8.52. The number of rotatable bonds is 6. The van der Waals surface area contributed by atoms with Gasteiger partial charge in [-0.1, -0.05) is 12.1 Å². The van der Waals surface area contributed by atoms with E-state index in [1.54, 1.807) is 32.7 Å². The highest BCUT2D eigenvalue weighted by Crippen LogP contribution is 2.47. The largest absolute Gasteiger partial charge is 0.493 e. The van der Waals surface area contributed by atoms with Crippen LogP contribution < -0.4 is 29.6 Å². The Hall–Kier alpha value is -3.39. The Labute approximate surface area is 191 Å². The molecule has 0 amide bonds. The van der Waals surface area contributed by atoms with E-state index in [1.807, 2.05) is 12.1 Å². The summed E-state index contributed by atoms with van der Waals surface area (Å²) >= 11 is 1.66. The molecule has 0 aliphatic carbocycles. The minimum absolute atomic E-state index is 0.534. The maximum absolute atomic E-state index is 5.69. The number of ether oxygens (including phenoxy) is 4. The van der Waals surface area contributed by atoms with E-state index in [1.165, 1.54) is 11.1 Å². The van der Waals surface area contributed by atoms with Gasteiger partial charge in [-0.25, -0.2) is 4.99 Å². The summed E-state index contributed by atoms with van der Waals surface area (Å²) in [5.41, 5.74) is 4.50. The van der Waals surface area contributed by atoms with Gasteiger partial charge in [-0.05, 0) is 35.4 Å². The number of fused-ring (bicyclic) bond motifs is 2. The second kappa shape index (κ2) is 8.63. The molecule has 0 saturated heterocycles. The Morgan fingerprint density at radius 1 is 1.06 bits per heavy atom. The highest BCUT2D eigenvalue weighted by molar-refractivity contribution is 7.18. The van der Waals surface area contributed by atoms with E-state index in [4.69, 9.17) is 18.9 Å². The molecule has 0 atom stereocenters. The first-order valence-corrected chi connectivity index (χ1v) is 11.2. The fourth-order valence-corrected chi connectivity index (χ4v) is 5.22. The second-order valence-electron chi connectivity index (χ2n) is 7.47. The number of hydrogen-bond acceptors (Lipinski definition) is 8. The van der Waals surface area contributed by atoms with E-state index in [0.29, 0.717) is 30.5 Å². The number of thiophene rings is 1. The van der Waals surface area contributed by atoms with Gasteiger partial charge in [-0.2, -0.15) is 0 Å². The van der Waals surface area contributed by atoms with Gasteiger partial charge in [0, 0.05) is 23.4 Å². The van der Waals surface area contributed by atoms with Gasteiger partial charge in [0.25, 0.3) is 0 Å². The Balaban J connectivity index is 1.42. The molecule has 32 heavy (non-hydrogen) atoms. The number of methoxy groups -OCH3 is 3. The highest BCUT2D eigenvalue weighted by atomic mass is 32.1. The molecular weight excluding hydrogens is 426 g/mol. The van der Waals surface area contributed by atoms with E-state index in [2.05, 4.69) is 39.9 Å². The molecule has 0 saturated carbocycles. The normalized spacial score (nSPS) is 13.9. The third-order valence-corrected chi connectivity index (χ3v) is 6.81. The maximum atomic E-state index is 5.69. The summed E-state index contributed by atoms with van der Waals surface area (Å²) in [7, 11) is 4.88. The van der Waals surface area contributed by atoms with Crippen LogP contribution in [0, 0.1) is 0 Å². The van der Waals surface area contributed by atoms with Gasteiger partial charge in [0.2, 0.25) is 5.75 Å². The number of anilines is 1. The van der Waals surface area contributed by atoms with E-state index >= 15 is 0 Å². The van der Waals surface area contributed by atoms with Crippen molar-refractivity contribution in [1.29, 1.82) is 0 Å². The minimum Gasteiger partial charge on any atom is -0.493 e. The van der Waals surface area contributed by atoms with Crippen LogP contribution in [0.4, 0.5) is 5.69 Å². The van der Waals surface area contributed by atoms with Crippen molar-refractivity contribution in [3.05, 3.63) is 52.4 Å². The third-order valence-electron chi connectivity index (χ3n) is 5.64. The first-order chi connectivity index (χ1) is 15.7. The van der Waals surface area contributed by atoms with Gasteiger partial charge in [-0.3, -0.25) is 0 Å². The summed E-state index contributed by atoms with van der Waals surface area (Å²) in [6.07, 6.45) is 0.972. The van der Waals surface area contributed by atoms with Crippen LogP contribution in [-0.2, 0) is 13.0 Å². The monoisotopic (exact) mass is 451 g/mol. The van der Waals surface area contributed by atoms with Gasteiger partial charge in [0.15, 0.2) is 11.5 Å². The van der Waals surface area contributed by atoms with Crippen LogP contribution >= 0.6 is 11.3 Å². The van der Waals surface area contributed by atoms with Crippen molar-refractivity contribution in [1.82, 2.24) is 5.32 Å². The standard InChI is InChI=1S/C24H25N3O4S/c1-28-19-7-5-16(21(29-2)22(19)30-3)20-11-17-23(32-20)24(27-13-26-17)25-12-14-4-6-18-15(10-14)8-9-31-18/h4-7,10-11,26H,8-9,12-13H2,1-3H3,(H,25,27). The average Bonchev–Trinajstić information content (AvgIpc) is 3.48. The lowest BCUT2D eigenvalue weighted by Gasteiger charge is -2.16. The van der Waals surface area contributed by atoms with Crippen molar-refractivity contribution in [3.63, 3.8) is 0 Å². The Kier molecular flexibility index (Phi) is 5.53. The molecule has 166 valence electrons. The average molecular weight is 452 g/mol. The summed E-state index contributed by atoms with van der Waals surface area (Å²) in [6, 6.07) is 12.4. The summed E-state index contributed by atoms with van der Waals surface area (Å²) in [5.74, 6) is 3.76. The maximum Gasteiger partial charge on any atom is 0.203 e. The summed E-state index contributed by atoms with van der Waals surface area (Å²) in [5, 5.41) is 6.90. The van der Waals surface area contributed by atoms with Gasteiger partial charge < -0.3 is 29.6 Å². The number of amidine groups is 1. The molecule has 0 unspecified atom stereocenters. The molecule has 1 aromatic heterocycles. The van der Waals surface area contributed by atoms with Crippen LogP contribution in [0.3, 0.4) is 0 Å².